The molecule has 234 valence electrons. The molecule has 7 nitrogen and oxygen atoms in total. The van der Waals surface area contributed by atoms with Gasteiger partial charge in [0.25, 0.3) is 11.8 Å². The van der Waals surface area contributed by atoms with Crippen LogP contribution in [0.1, 0.15) is 92.9 Å². The van der Waals surface area contributed by atoms with E-state index in [4.69, 9.17) is 9.47 Å². The van der Waals surface area contributed by atoms with Gasteiger partial charge >= 0.3 is 0 Å². The molecule has 1 saturated heterocycles. The Morgan fingerprint density at radius 2 is 1.28 bits per heavy atom. The van der Waals surface area contributed by atoms with E-state index in [9.17, 15) is 9.59 Å². The van der Waals surface area contributed by atoms with E-state index in [0.29, 0.717) is 17.3 Å². The van der Waals surface area contributed by atoms with Crippen LogP contribution < -0.4 is 14.8 Å². The van der Waals surface area contributed by atoms with E-state index in [1.807, 2.05) is 36.4 Å². The second-order valence-electron chi connectivity index (χ2n) is 10.9. The van der Waals surface area contributed by atoms with Crippen LogP contribution >= 0.6 is 23.5 Å². The first-order valence-electron chi connectivity index (χ1n) is 16.0. The van der Waals surface area contributed by atoms with E-state index in [2.05, 4.69) is 46.9 Å². The van der Waals surface area contributed by atoms with Gasteiger partial charge in [-0.05, 0) is 50.7 Å². The van der Waals surface area contributed by atoms with E-state index in [1.54, 1.807) is 10.0 Å². The van der Waals surface area contributed by atoms with Gasteiger partial charge in [-0.15, -0.1) is 0 Å². The predicted molar refractivity (Wildman–Crippen MR) is 178 cm³/mol. The number of anilines is 2. The lowest BCUT2D eigenvalue weighted by molar-refractivity contribution is -0.147. The first-order valence-corrected chi connectivity index (χ1v) is 17.6. The van der Waals surface area contributed by atoms with E-state index in [0.717, 1.165) is 84.0 Å². The Morgan fingerprint density at radius 1 is 0.744 bits per heavy atom. The van der Waals surface area contributed by atoms with Crippen molar-refractivity contribution in [2.24, 2.45) is 0 Å². The monoisotopic (exact) mass is 625 g/mol. The molecule has 0 spiro atoms. The molecule has 0 aliphatic carbocycles. The van der Waals surface area contributed by atoms with Crippen LogP contribution in [-0.4, -0.2) is 47.1 Å². The summed E-state index contributed by atoms with van der Waals surface area (Å²) in [5, 5.41) is 6.91. The minimum Gasteiger partial charge on any atom is -0.489 e. The summed E-state index contributed by atoms with van der Waals surface area (Å²) in [6.45, 7) is 13.8. The van der Waals surface area contributed by atoms with Crippen molar-refractivity contribution in [3.8, 4) is 11.5 Å². The number of hydrogen-bond acceptors (Lipinski definition) is 7. The van der Waals surface area contributed by atoms with Crippen molar-refractivity contribution in [1.82, 2.24) is 10.0 Å². The maximum Gasteiger partial charge on any atom is 0.279 e. The van der Waals surface area contributed by atoms with Gasteiger partial charge in [-0.2, -0.15) is 0 Å². The standard InChI is InChI=1S/C34H47N3O4S2/c1-7-13-20-36-32(38)28(33(39)37(36)21-14-8-2)34-42-30-27(40-24(9-3)10-4)22-26(35-23-18-16-15-17-19-23)29(31(30)43-34)41-25(11-5)12-6/h15-19,22,24-25,35H,7-14,20-21H2,1-6H3. The van der Waals surface area contributed by atoms with Gasteiger partial charge < -0.3 is 14.8 Å². The van der Waals surface area contributed by atoms with Crippen molar-refractivity contribution >= 4 is 46.7 Å². The Hall–Kier alpha value is -2.78. The topological polar surface area (TPSA) is 71.1 Å². The summed E-state index contributed by atoms with van der Waals surface area (Å²) in [5.74, 6) is 1.08. The molecule has 1 N–H and O–H groups in total. The minimum absolute atomic E-state index is 0.0253. The normalized spacial score (nSPS) is 14.9. The molecule has 2 aromatic rings. The zero-order chi connectivity index (χ0) is 30.9. The van der Waals surface area contributed by atoms with Crippen molar-refractivity contribution in [2.45, 2.75) is 115 Å². The molecule has 43 heavy (non-hydrogen) atoms. The average Bonchev–Trinajstić information content (AvgIpc) is 3.55. The van der Waals surface area contributed by atoms with Gasteiger partial charge in [0.2, 0.25) is 0 Å². The quantitative estimate of drug-likeness (QED) is 0.147. The van der Waals surface area contributed by atoms with Crippen molar-refractivity contribution in [3.05, 3.63) is 46.2 Å². The lowest BCUT2D eigenvalue weighted by Gasteiger charge is -2.27. The average molecular weight is 626 g/mol. The number of ether oxygens (including phenoxy) is 2. The van der Waals surface area contributed by atoms with Gasteiger partial charge in [-0.25, -0.2) is 10.0 Å². The maximum absolute atomic E-state index is 13.9. The molecule has 2 aliphatic heterocycles. The molecule has 0 bridgehead atoms. The number of hydrazine groups is 1. The Balaban J connectivity index is 1.85. The van der Waals surface area contributed by atoms with E-state index >= 15 is 0 Å². The summed E-state index contributed by atoms with van der Waals surface area (Å²) in [7, 11) is 0. The van der Waals surface area contributed by atoms with Crippen LogP contribution in [0.5, 0.6) is 11.5 Å². The number of fused-ring (bicyclic) bond motifs is 1. The summed E-state index contributed by atoms with van der Waals surface area (Å²) in [6.07, 6.45) is 7.15. The van der Waals surface area contributed by atoms with Gasteiger partial charge in [-0.3, -0.25) is 9.59 Å². The summed E-state index contributed by atoms with van der Waals surface area (Å²) in [5.41, 5.74) is 2.02. The number of para-hydroxylation sites is 1. The molecular weight excluding hydrogens is 579 g/mol. The van der Waals surface area contributed by atoms with E-state index < -0.39 is 0 Å². The first-order chi connectivity index (χ1) is 20.9. The smallest absolute Gasteiger partial charge is 0.279 e. The highest BCUT2D eigenvalue weighted by atomic mass is 32.2. The third kappa shape index (κ3) is 7.48. The number of rotatable bonds is 16. The fraction of sp³-hybridized carbons (Fsp3) is 0.529. The number of nitrogens with one attached hydrogen (secondary N) is 1. The number of benzene rings is 2. The second-order valence-corrected chi connectivity index (χ2v) is 13.2. The molecule has 1 fully saturated rings. The van der Waals surface area contributed by atoms with Gasteiger partial charge in [0.15, 0.2) is 5.75 Å². The number of unbranched alkanes of at least 4 members (excludes halogenated alkanes) is 2. The van der Waals surface area contributed by atoms with Crippen molar-refractivity contribution in [2.75, 3.05) is 18.4 Å². The fourth-order valence-electron chi connectivity index (χ4n) is 5.13. The number of carbonyl (C=O) groups excluding carboxylic acids is 2. The third-order valence-electron chi connectivity index (χ3n) is 7.84. The minimum atomic E-state index is -0.204. The lowest BCUT2D eigenvalue weighted by atomic mass is 10.2. The maximum atomic E-state index is 13.9. The third-order valence-corrected chi connectivity index (χ3v) is 10.4. The number of nitrogens with zero attached hydrogens (tertiary/aromatic N) is 2. The van der Waals surface area contributed by atoms with Crippen LogP contribution in [0.25, 0.3) is 0 Å². The Morgan fingerprint density at radius 3 is 1.81 bits per heavy atom. The zero-order valence-corrected chi connectivity index (χ0v) is 28.2. The molecule has 2 heterocycles. The van der Waals surface area contributed by atoms with Gasteiger partial charge in [0.05, 0.1) is 31.9 Å². The van der Waals surface area contributed by atoms with Crippen molar-refractivity contribution < 1.29 is 19.1 Å². The highest BCUT2D eigenvalue weighted by Gasteiger charge is 2.45. The molecule has 2 amide bonds. The molecule has 0 aromatic heterocycles. The zero-order valence-electron chi connectivity index (χ0n) is 26.5. The van der Waals surface area contributed by atoms with Crippen LogP contribution in [0.2, 0.25) is 0 Å². The molecule has 0 radical (unpaired) electrons. The summed E-state index contributed by atoms with van der Waals surface area (Å²) in [4.78, 5) is 29.5. The molecular formula is C34H47N3O4S2. The lowest BCUT2D eigenvalue weighted by Crippen LogP contribution is -2.42. The van der Waals surface area contributed by atoms with Crippen LogP contribution in [0.15, 0.2) is 56.0 Å². The molecule has 2 aromatic carbocycles. The van der Waals surface area contributed by atoms with Crippen LogP contribution in [0.4, 0.5) is 11.4 Å². The Labute approximate surface area is 266 Å². The van der Waals surface area contributed by atoms with Crippen LogP contribution in [0.3, 0.4) is 0 Å². The molecule has 0 atom stereocenters. The highest BCUT2D eigenvalue weighted by molar-refractivity contribution is 8.25. The largest absolute Gasteiger partial charge is 0.489 e. The van der Waals surface area contributed by atoms with Crippen molar-refractivity contribution in [1.29, 1.82) is 0 Å². The number of carbonyl (C=O) groups is 2. The van der Waals surface area contributed by atoms with Crippen LogP contribution in [-0.2, 0) is 9.59 Å². The second kappa shape index (κ2) is 15.8. The highest BCUT2D eigenvalue weighted by Crippen LogP contribution is 2.62. The molecule has 2 aliphatic rings. The van der Waals surface area contributed by atoms with Crippen molar-refractivity contribution in [3.63, 3.8) is 0 Å². The summed E-state index contributed by atoms with van der Waals surface area (Å²) in [6, 6.07) is 12.1. The number of amides is 2. The molecule has 4 rings (SSSR count). The fourth-order valence-corrected chi connectivity index (χ4v) is 7.81. The predicted octanol–water partition coefficient (Wildman–Crippen LogP) is 9.16. The molecule has 0 unspecified atom stereocenters. The molecule has 0 saturated carbocycles. The Bertz CT molecular complexity index is 1260. The summed E-state index contributed by atoms with van der Waals surface area (Å²) < 4.78 is 14.0. The summed E-state index contributed by atoms with van der Waals surface area (Å²) >= 11 is 2.93. The van der Waals surface area contributed by atoms with E-state index in [1.165, 1.54) is 23.5 Å². The first kappa shape index (κ1) is 33.1. The van der Waals surface area contributed by atoms with Gasteiger partial charge in [0, 0.05) is 24.8 Å². The SMILES string of the molecule is CCCCN1C(=O)C(=C2Sc3c(OC(CC)CC)cc(Nc4ccccc4)c(OC(CC)CC)c3S2)C(=O)N1CCCC. The molecule has 9 heteroatoms. The van der Waals surface area contributed by atoms with Crippen LogP contribution in [0, 0.1) is 0 Å². The van der Waals surface area contributed by atoms with Gasteiger partial charge in [0.1, 0.15) is 11.3 Å². The Kier molecular flexibility index (Phi) is 12.2. The van der Waals surface area contributed by atoms with E-state index in [-0.39, 0.29) is 29.6 Å². The number of thioether (sulfide) groups is 2. The number of hydrogen-bond donors (Lipinski definition) is 1. The van der Waals surface area contributed by atoms with Gasteiger partial charge in [-0.1, -0.05) is 96.1 Å².